The van der Waals surface area contributed by atoms with Crippen LogP contribution in [0.25, 0.3) is 0 Å². The van der Waals surface area contributed by atoms with E-state index in [0.717, 1.165) is 19.4 Å². The van der Waals surface area contributed by atoms with E-state index >= 15 is 0 Å². The third-order valence-electron chi connectivity index (χ3n) is 3.13. The summed E-state index contributed by atoms with van der Waals surface area (Å²) in [7, 11) is -3.77. The topological polar surface area (TPSA) is 58.2 Å². The molecule has 1 aliphatic heterocycles. The van der Waals surface area contributed by atoms with Gasteiger partial charge in [0.05, 0.1) is 0 Å². The van der Waals surface area contributed by atoms with Crippen molar-refractivity contribution >= 4 is 10.0 Å². The Morgan fingerprint density at radius 1 is 1.50 bits per heavy atom. The highest BCUT2D eigenvalue weighted by Crippen LogP contribution is 2.17. The first-order valence-corrected chi connectivity index (χ1v) is 7.47. The largest absolute Gasteiger partial charge is 0.313 e. The van der Waals surface area contributed by atoms with Crippen molar-refractivity contribution in [3.05, 3.63) is 29.6 Å². The molecule has 0 aromatic heterocycles. The molecule has 0 aliphatic carbocycles. The van der Waals surface area contributed by atoms with E-state index in [9.17, 15) is 12.8 Å². The number of benzene rings is 1. The third kappa shape index (κ3) is 2.88. The van der Waals surface area contributed by atoms with E-state index in [-0.39, 0.29) is 10.9 Å². The van der Waals surface area contributed by atoms with Crippen LogP contribution in [0.5, 0.6) is 0 Å². The van der Waals surface area contributed by atoms with Crippen molar-refractivity contribution in [2.45, 2.75) is 30.7 Å². The average molecular weight is 272 g/mol. The predicted octanol–water partition coefficient (Wildman–Crippen LogP) is 1.16. The number of halogens is 1. The zero-order chi connectivity index (χ0) is 13.2. The first-order chi connectivity index (χ1) is 8.50. The van der Waals surface area contributed by atoms with Crippen LogP contribution in [0.2, 0.25) is 0 Å². The fourth-order valence-corrected chi connectivity index (χ4v) is 3.28. The zero-order valence-corrected chi connectivity index (χ0v) is 11.1. The Kier molecular flexibility index (Phi) is 3.99. The van der Waals surface area contributed by atoms with E-state index in [4.69, 9.17) is 0 Å². The molecule has 1 atom stereocenters. The van der Waals surface area contributed by atoms with E-state index in [1.54, 1.807) is 19.1 Å². The highest BCUT2D eigenvalue weighted by atomic mass is 32.2. The minimum absolute atomic E-state index is 0.146. The first-order valence-electron chi connectivity index (χ1n) is 5.99. The summed E-state index contributed by atoms with van der Waals surface area (Å²) in [6.07, 6.45) is 1.99. The number of nitrogens with one attached hydrogen (secondary N) is 2. The zero-order valence-electron chi connectivity index (χ0n) is 10.2. The standard InChI is InChI=1S/C12H17FN2O2S/c1-9-4-2-6-11(12(9)13)18(16,17)15-8-10-5-3-7-14-10/h2,4,6,10,14-15H,3,5,7-8H2,1H3. The van der Waals surface area contributed by atoms with Gasteiger partial charge in [-0.25, -0.2) is 17.5 Å². The lowest BCUT2D eigenvalue weighted by molar-refractivity contribution is 0.536. The van der Waals surface area contributed by atoms with E-state index in [1.165, 1.54) is 6.07 Å². The highest BCUT2D eigenvalue weighted by Gasteiger charge is 2.22. The van der Waals surface area contributed by atoms with E-state index < -0.39 is 15.8 Å². The number of rotatable bonds is 4. The summed E-state index contributed by atoms with van der Waals surface area (Å²) in [5.74, 6) is -0.676. The van der Waals surface area contributed by atoms with Crippen LogP contribution in [0.3, 0.4) is 0 Å². The first kappa shape index (κ1) is 13.5. The van der Waals surface area contributed by atoms with Crippen LogP contribution in [0.1, 0.15) is 18.4 Å². The van der Waals surface area contributed by atoms with Gasteiger partial charge < -0.3 is 5.32 Å². The number of hydrogen-bond donors (Lipinski definition) is 2. The molecule has 0 amide bonds. The molecule has 1 heterocycles. The summed E-state index contributed by atoms with van der Waals surface area (Å²) >= 11 is 0. The molecular weight excluding hydrogens is 255 g/mol. The van der Waals surface area contributed by atoms with Crippen LogP contribution < -0.4 is 10.0 Å². The highest BCUT2D eigenvalue weighted by molar-refractivity contribution is 7.89. The van der Waals surface area contributed by atoms with Crippen LogP contribution >= 0.6 is 0 Å². The van der Waals surface area contributed by atoms with Gasteiger partial charge in [0.1, 0.15) is 10.7 Å². The van der Waals surface area contributed by atoms with Gasteiger partial charge in [-0.05, 0) is 37.9 Å². The molecule has 0 spiro atoms. The SMILES string of the molecule is Cc1cccc(S(=O)(=O)NCC2CCCN2)c1F. The van der Waals surface area contributed by atoms with Gasteiger partial charge in [-0.3, -0.25) is 0 Å². The molecule has 2 N–H and O–H groups in total. The van der Waals surface area contributed by atoms with Crippen molar-refractivity contribution in [1.82, 2.24) is 10.0 Å². The Morgan fingerprint density at radius 3 is 2.94 bits per heavy atom. The molecule has 1 aromatic carbocycles. The molecule has 0 saturated carbocycles. The maximum Gasteiger partial charge on any atom is 0.243 e. The molecule has 6 heteroatoms. The molecule has 1 fully saturated rings. The van der Waals surface area contributed by atoms with Crippen molar-refractivity contribution in [3.8, 4) is 0 Å². The average Bonchev–Trinajstić information content (AvgIpc) is 2.83. The molecule has 4 nitrogen and oxygen atoms in total. The second-order valence-electron chi connectivity index (χ2n) is 4.53. The summed E-state index contributed by atoms with van der Waals surface area (Å²) in [6.45, 7) is 2.76. The fourth-order valence-electron chi connectivity index (χ4n) is 2.05. The molecule has 1 aliphatic rings. The van der Waals surface area contributed by atoms with Gasteiger partial charge in [-0.2, -0.15) is 0 Å². The second-order valence-corrected chi connectivity index (χ2v) is 6.27. The Morgan fingerprint density at radius 2 is 2.28 bits per heavy atom. The number of aryl methyl sites for hydroxylation is 1. The second kappa shape index (κ2) is 5.34. The smallest absolute Gasteiger partial charge is 0.243 e. The third-order valence-corrected chi connectivity index (χ3v) is 4.57. The van der Waals surface area contributed by atoms with Crippen LogP contribution in [0.4, 0.5) is 4.39 Å². The molecule has 0 radical (unpaired) electrons. The van der Waals surface area contributed by atoms with Gasteiger partial charge in [-0.15, -0.1) is 0 Å². The molecule has 1 saturated heterocycles. The van der Waals surface area contributed by atoms with Gasteiger partial charge in [0, 0.05) is 12.6 Å². The monoisotopic (exact) mass is 272 g/mol. The van der Waals surface area contributed by atoms with Crippen molar-refractivity contribution in [3.63, 3.8) is 0 Å². The minimum atomic E-state index is -3.77. The predicted molar refractivity (Wildman–Crippen MR) is 67.4 cm³/mol. The minimum Gasteiger partial charge on any atom is -0.313 e. The maximum atomic E-state index is 13.8. The van der Waals surface area contributed by atoms with Gasteiger partial charge in [0.25, 0.3) is 0 Å². The number of hydrogen-bond acceptors (Lipinski definition) is 3. The van der Waals surface area contributed by atoms with E-state index in [0.29, 0.717) is 12.1 Å². The molecular formula is C12H17FN2O2S. The molecule has 18 heavy (non-hydrogen) atoms. The van der Waals surface area contributed by atoms with Crippen molar-refractivity contribution < 1.29 is 12.8 Å². The molecule has 1 aromatic rings. The summed E-state index contributed by atoms with van der Waals surface area (Å²) in [6, 6.07) is 4.52. The maximum absolute atomic E-state index is 13.8. The molecule has 100 valence electrons. The van der Waals surface area contributed by atoms with Gasteiger partial charge >= 0.3 is 0 Å². The number of sulfonamides is 1. The van der Waals surface area contributed by atoms with Gasteiger partial charge in [0.15, 0.2) is 0 Å². The Bertz CT molecular complexity index is 525. The normalized spacial score (nSPS) is 20.2. The van der Waals surface area contributed by atoms with Crippen LogP contribution in [0.15, 0.2) is 23.1 Å². The lowest BCUT2D eigenvalue weighted by Crippen LogP contribution is -2.37. The Labute approximate surface area is 107 Å². The lowest BCUT2D eigenvalue weighted by atomic mass is 10.2. The van der Waals surface area contributed by atoms with Crippen LogP contribution in [-0.4, -0.2) is 27.5 Å². The summed E-state index contributed by atoms with van der Waals surface area (Å²) in [5.41, 5.74) is 0.330. The fraction of sp³-hybridized carbons (Fsp3) is 0.500. The summed E-state index contributed by atoms with van der Waals surface area (Å²) in [5, 5.41) is 3.19. The quantitative estimate of drug-likeness (QED) is 0.865. The molecule has 1 unspecified atom stereocenters. The van der Waals surface area contributed by atoms with Gasteiger partial charge in [0.2, 0.25) is 10.0 Å². The van der Waals surface area contributed by atoms with Crippen LogP contribution in [-0.2, 0) is 10.0 Å². The summed E-state index contributed by atoms with van der Waals surface area (Å²) in [4.78, 5) is -0.277. The summed E-state index contributed by atoms with van der Waals surface area (Å²) < 4.78 is 40.2. The van der Waals surface area contributed by atoms with Crippen LogP contribution in [0, 0.1) is 12.7 Å². The Hall–Kier alpha value is -0.980. The van der Waals surface area contributed by atoms with Crippen molar-refractivity contribution in [2.24, 2.45) is 0 Å². The Balaban J connectivity index is 2.12. The van der Waals surface area contributed by atoms with E-state index in [2.05, 4.69) is 10.0 Å². The molecule has 0 bridgehead atoms. The van der Waals surface area contributed by atoms with E-state index in [1.807, 2.05) is 0 Å². The molecule has 2 rings (SSSR count). The van der Waals surface area contributed by atoms with Gasteiger partial charge in [-0.1, -0.05) is 12.1 Å². The van der Waals surface area contributed by atoms with Crippen molar-refractivity contribution in [1.29, 1.82) is 0 Å². The van der Waals surface area contributed by atoms with Crippen molar-refractivity contribution in [2.75, 3.05) is 13.1 Å². The lowest BCUT2D eigenvalue weighted by Gasteiger charge is -2.12.